The summed E-state index contributed by atoms with van der Waals surface area (Å²) in [5.74, 6) is 2.19. The van der Waals surface area contributed by atoms with Gasteiger partial charge in [0, 0.05) is 66.1 Å². The molecular weight excluding hydrogens is 1020 g/mol. The van der Waals surface area contributed by atoms with E-state index in [1.165, 1.54) is 64.4 Å². The molecule has 17 aromatic rings. The van der Waals surface area contributed by atoms with Crippen molar-refractivity contribution >= 4 is 116 Å². The van der Waals surface area contributed by atoms with Gasteiger partial charge in [0.25, 0.3) is 0 Å². The van der Waals surface area contributed by atoms with Crippen LogP contribution in [-0.2, 0) is 0 Å². The number of rotatable bonds is 9. The van der Waals surface area contributed by atoms with Gasteiger partial charge in [-0.15, -0.1) is 0 Å². The molecule has 12 aromatic carbocycles. The fourth-order valence-electron chi connectivity index (χ4n) is 13.8. The highest BCUT2D eigenvalue weighted by Crippen LogP contribution is 2.40. The summed E-state index contributed by atoms with van der Waals surface area (Å²) in [6.07, 6.45) is 0. The molecule has 0 spiro atoms. The lowest BCUT2D eigenvalue weighted by Gasteiger charge is -2.34. The predicted molar refractivity (Wildman–Crippen MR) is 348 cm³/mol. The first kappa shape index (κ1) is 47.0. The van der Waals surface area contributed by atoms with Crippen LogP contribution >= 0.6 is 0 Å². The van der Waals surface area contributed by atoms with Gasteiger partial charge in [0.15, 0.2) is 13.9 Å². The molecular formula is C76H50N6Si. The zero-order valence-corrected chi connectivity index (χ0v) is 46.1. The smallest absolute Gasteiger partial charge is 0.179 e. The largest absolute Gasteiger partial charge is 0.309 e. The number of hydrogen-bond acceptors (Lipinski definition) is 2. The second-order valence-electron chi connectivity index (χ2n) is 21.7. The maximum Gasteiger partial charge on any atom is 0.179 e. The van der Waals surface area contributed by atoms with Crippen LogP contribution in [0.1, 0.15) is 0 Å². The standard InChI is InChI=1S/C76H50N6Si/c1-4-22-54(23-5-1)83(55-24-6-2-7-25-55,56-26-8-3-9-27-56)57-44-40-51(41-45-57)76-77-74(81-70-38-20-14-32-62(70)64-48-52(42-46-72(64)81)79-66-34-16-10-28-58(66)59-29-11-17-35-67(59)79)50-75(78-76)82-71-39-21-15-33-63(71)65-49-53(43-47-73(65)82)80-68-36-18-12-30-60(68)61-31-13-19-37-69(61)80/h1-50H. The van der Waals surface area contributed by atoms with E-state index in [0.29, 0.717) is 5.82 Å². The monoisotopic (exact) mass is 1070 g/mol. The summed E-state index contributed by atoms with van der Waals surface area (Å²) in [7, 11) is -2.82. The summed E-state index contributed by atoms with van der Waals surface area (Å²) >= 11 is 0. The number of aromatic nitrogens is 6. The highest BCUT2D eigenvalue weighted by atomic mass is 28.3. The van der Waals surface area contributed by atoms with Crippen LogP contribution in [0.5, 0.6) is 0 Å². The van der Waals surface area contributed by atoms with Crippen LogP contribution in [-0.4, -0.2) is 36.3 Å². The van der Waals surface area contributed by atoms with Gasteiger partial charge in [-0.25, -0.2) is 9.97 Å². The van der Waals surface area contributed by atoms with Crippen molar-refractivity contribution in [2.24, 2.45) is 0 Å². The molecule has 0 aliphatic rings. The highest BCUT2D eigenvalue weighted by Gasteiger charge is 2.41. The summed E-state index contributed by atoms with van der Waals surface area (Å²) in [5.41, 5.74) is 12.1. The minimum atomic E-state index is -2.82. The summed E-state index contributed by atoms with van der Waals surface area (Å²) < 4.78 is 9.49. The Morgan fingerprint density at radius 1 is 0.217 bits per heavy atom. The Morgan fingerprint density at radius 3 is 0.843 bits per heavy atom. The Balaban J connectivity index is 0.905. The molecule has 0 saturated carbocycles. The van der Waals surface area contributed by atoms with E-state index in [-0.39, 0.29) is 0 Å². The SMILES string of the molecule is c1ccc([Si](c2ccccc2)(c2ccccc2)c2ccc(-c3nc(-n4c5ccccc5c5cc(-n6c7ccccc7c7ccccc76)ccc54)cc(-n4c5ccccc5c5cc(-n6c7ccccc7c7ccccc76)ccc54)n3)cc2)cc1. The van der Waals surface area contributed by atoms with Crippen LogP contribution in [0.3, 0.4) is 0 Å². The zero-order chi connectivity index (χ0) is 54.6. The molecule has 0 saturated heterocycles. The van der Waals surface area contributed by atoms with Crippen molar-refractivity contribution in [2.45, 2.75) is 0 Å². The topological polar surface area (TPSA) is 45.5 Å². The number of para-hydroxylation sites is 6. The van der Waals surface area contributed by atoms with Gasteiger partial charge in [-0.2, -0.15) is 0 Å². The predicted octanol–water partition coefficient (Wildman–Crippen LogP) is 15.9. The second kappa shape index (κ2) is 18.6. The van der Waals surface area contributed by atoms with Crippen LogP contribution in [0.2, 0.25) is 0 Å². The van der Waals surface area contributed by atoms with E-state index in [9.17, 15) is 0 Å². The van der Waals surface area contributed by atoms with Crippen molar-refractivity contribution in [1.29, 1.82) is 0 Å². The van der Waals surface area contributed by atoms with Gasteiger partial charge in [0.05, 0.1) is 44.1 Å². The Labute approximate surface area is 479 Å². The fourth-order valence-corrected chi connectivity index (χ4v) is 18.6. The van der Waals surface area contributed by atoms with Crippen LogP contribution in [0, 0.1) is 0 Å². The quantitative estimate of drug-likeness (QED) is 0.107. The Morgan fingerprint density at radius 2 is 0.494 bits per heavy atom. The molecule has 0 radical (unpaired) electrons. The maximum absolute atomic E-state index is 5.68. The zero-order valence-electron chi connectivity index (χ0n) is 45.1. The number of benzene rings is 12. The average molecular weight is 1080 g/mol. The van der Waals surface area contributed by atoms with Crippen LogP contribution in [0.25, 0.3) is 122 Å². The molecule has 0 unspecified atom stereocenters. The second-order valence-corrected chi connectivity index (χ2v) is 25.5. The number of hydrogen-bond donors (Lipinski definition) is 0. The van der Waals surface area contributed by atoms with Gasteiger partial charge in [0.1, 0.15) is 11.6 Å². The molecule has 0 aliphatic carbocycles. The fraction of sp³-hybridized carbons (Fsp3) is 0. The van der Waals surface area contributed by atoms with Gasteiger partial charge in [-0.05, 0) is 93.5 Å². The van der Waals surface area contributed by atoms with Crippen molar-refractivity contribution in [3.8, 4) is 34.4 Å². The summed E-state index contributed by atoms with van der Waals surface area (Å²) in [6.45, 7) is 0. The third-order valence-electron chi connectivity index (χ3n) is 17.3. The number of nitrogens with zero attached hydrogens (tertiary/aromatic N) is 6. The molecule has 0 aliphatic heterocycles. The number of fused-ring (bicyclic) bond motifs is 12. The minimum absolute atomic E-state index is 0.635. The maximum atomic E-state index is 5.68. The van der Waals surface area contributed by atoms with E-state index in [0.717, 1.165) is 72.2 Å². The van der Waals surface area contributed by atoms with E-state index >= 15 is 0 Å². The van der Waals surface area contributed by atoms with Crippen LogP contribution < -0.4 is 20.7 Å². The first-order chi connectivity index (χ1) is 41.2. The molecule has 83 heavy (non-hydrogen) atoms. The van der Waals surface area contributed by atoms with Gasteiger partial charge in [-0.3, -0.25) is 9.13 Å². The molecule has 6 nitrogen and oxygen atoms in total. The average Bonchev–Trinajstić information content (AvgIpc) is 3.06. The van der Waals surface area contributed by atoms with E-state index in [4.69, 9.17) is 9.97 Å². The summed E-state index contributed by atoms with van der Waals surface area (Å²) in [6, 6.07) is 111. The van der Waals surface area contributed by atoms with Gasteiger partial charge < -0.3 is 9.13 Å². The van der Waals surface area contributed by atoms with Crippen molar-refractivity contribution < 1.29 is 0 Å². The molecule has 0 N–H and O–H groups in total. The third kappa shape index (κ3) is 7.08. The Kier molecular flexibility index (Phi) is 10.5. The highest BCUT2D eigenvalue weighted by molar-refractivity contribution is 7.19. The first-order valence-electron chi connectivity index (χ1n) is 28.4. The summed E-state index contributed by atoms with van der Waals surface area (Å²) in [4.78, 5) is 11.4. The van der Waals surface area contributed by atoms with Crippen molar-refractivity contribution in [2.75, 3.05) is 0 Å². The molecule has 388 valence electrons. The normalized spacial score (nSPS) is 12.1. The molecule has 0 bridgehead atoms. The summed E-state index contributed by atoms with van der Waals surface area (Å²) in [5, 5.41) is 14.8. The van der Waals surface area contributed by atoms with E-state index in [1.54, 1.807) is 0 Å². The van der Waals surface area contributed by atoms with Gasteiger partial charge in [-0.1, -0.05) is 224 Å². The van der Waals surface area contributed by atoms with Gasteiger partial charge in [0.2, 0.25) is 0 Å². The molecule has 7 heteroatoms. The Hall–Kier alpha value is -10.9. The van der Waals surface area contributed by atoms with Crippen molar-refractivity contribution in [3.63, 3.8) is 0 Å². The van der Waals surface area contributed by atoms with Crippen molar-refractivity contribution in [3.05, 3.63) is 303 Å². The minimum Gasteiger partial charge on any atom is -0.309 e. The van der Waals surface area contributed by atoms with E-state index in [2.05, 4.69) is 322 Å². The molecule has 0 amide bonds. The molecule has 5 heterocycles. The lowest BCUT2D eigenvalue weighted by molar-refractivity contribution is 0.994. The van der Waals surface area contributed by atoms with E-state index < -0.39 is 8.07 Å². The molecule has 5 aromatic heterocycles. The first-order valence-corrected chi connectivity index (χ1v) is 30.4. The van der Waals surface area contributed by atoms with Gasteiger partial charge >= 0.3 is 0 Å². The third-order valence-corrected chi connectivity index (χ3v) is 22.1. The lowest BCUT2D eigenvalue weighted by Crippen LogP contribution is -2.74. The van der Waals surface area contributed by atoms with Crippen LogP contribution in [0.15, 0.2) is 303 Å². The molecule has 17 rings (SSSR count). The van der Waals surface area contributed by atoms with E-state index in [1.807, 2.05) is 0 Å². The Bertz CT molecular complexity index is 4930. The molecule has 0 fully saturated rings. The lowest BCUT2D eigenvalue weighted by atomic mass is 10.1. The van der Waals surface area contributed by atoms with Crippen LogP contribution in [0.4, 0.5) is 0 Å². The molecule has 0 atom stereocenters. The van der Waals surface area contributed by atoms with Crippen molar-refractivity contribution in [1.82, 2.24) is 28.2 Å².